The van der Waals surface area contributed by atoms with E-state index in [1.807, 2.05) is 97.1 Å². The van der Waals surface area contributed by atoms with E-state index in [9.17, 15) is 5.48 Å². The summed E-state index contributed by atoms with van der Waals surface area (Å²) in [6.45, 7) is 0. The van der Waals surface area contributed by atoms with Gasteiger partial charge >= 0.3 is 0 Å². The highest BCUT2D eigenvalue weighted by Gasteiger charge is 2.18. The molecule has 0 unspecified atom stereocenters. The summed E-state index contributed by atoms with van der Waals surface area (Å²) in [5.74, 6) is 0. The second kappa shape index (κ2) is 10.2. The van der Waals surface area contributed by atoms with E-state index >= 15 is 0 Å². The van der Waals surface area contributed by atoms with E-state index in [0.29, 0.717) is 33.4 Å². The van der Waals surface area contributed by atoms with Crippen LogP contribution >= 0.6 is 0 Å². The maximum Gasteiger partial charge on any atom is 0.136 e. The van der Waals surface area contributed by atoms with Crippen molar-refractivity contribution in [3.05, 3.63) is 170 Å². The van der Waals surface area contributed by atoms with Gasteiger partial charge in [-0.15, -0.1) is 0 Å². The molecule has 0 aliphatic carbocycles. The molecular weight excluding hydrogens is 569 g/mol. The van der Waals surface area contributed by atoms with Crippen LogP contribution in [0.25, 0.3) is 98.4 Å². The average molecular weight is 605 g/mol. The molecule has 0 bridgehead atoms. The van der Waals surface area contributed by atoms with E-state index in [2.05, 4.69) is 18.2 Å². The largest absolute Gasteiger partial charge is 0.456 e. The third-order valence-electron chi connectivity index (χ3n) is 9.30. The van der Waals surface area contributed by atoms with Crippen LogP contribution in [0.3, 0.4) is 0 Å². The number of hydrogen-bond donors (Lipinski definition) is 0. The zero-order valence-electron chi connectivity index (χ0n) is 33.0. The lowest BCUT2D eigenvalue weighted by atomic mass is 9.85. The molecule has 0 aliphatic heterocycles. The first kappa shape index (κ1) is 19.4. The maximum atomic E-state index is 9.36. The SMILES string of the molecule is [2H]c1c([2H])c([2H])c2c(-c3ccc4oc5ccc6ccccc6c5c4c3)c3c([2H])c([2H])c([2H])c([2H])c3c(-c3ccc(-c4cccc5ccccc45)cc3)c2c1[2H]. The Kier molecular flexibility index (Phi) is 4.19. The smallest absolute Gasteiger partial charge is 0.136 e. The molecule has 1 aromatic heterocycles. The molecule has 9 aromatic carbocycles. The Morgan fingerprint density at radius 2 is 0.915 bits per heavy atom. The van der Waals surface area contributed by atoms with Gasteiger partial charge in [0.05, 0.1) is 11.0 Å². The van der Waals surface area contributed by atoms with Gasteiger partial charge in [-0.3, -0.25) is 0 Å². The van der Waals surface area contributed by atoms with Gasteiger partial charge in [-0.25, -0.2) is 0 Å². The van der Waals surface area contributed by atoms with Crippen LogP contribution in [0.5, 0.6) is 0 Å². The number of rotatable bonds is 3. The summed E-state index contributed by atoms with van der Waals surface area (Å²) in [6, 6.07) is 36.4. The van der Waals surface area contributed by atoms with Crippen LogP contribution in [0.1, 0.15) is 11.0 Å². The van der Waals surface area contributed by atoms with Crippen molar-refractivity contribution in [1.29, 1.82) is 0 Å². The quantitative estimate of drug-likeness (QED) is 0.183. The van der Waals surface area contributed by atoms with E-state index in [0.717, 1.165) is 43.4 Å². The first-order chi connectivity index (χ1) is 26.6. The molecule has 10 rings (SSSR count). The van der Waals surface area contributed by atoms with Crippen LogP contribution < -0.4 is 0 Å². The van der Waals surface area contributed by atoms with Crippen LogP contribution in [-0.2, 0) is 0 Å². The molecule has 0 saturated heterocycles. The fourth-order valence-electron chi connectivity index (χ4n) is 7.20. The summed E-state index contributed by atoms with van der Waals surface area (Å²) in [6.07, 6.45) is 0. The summed E-state index contributed by atoms with van der Waals surface area (Å²) in [7, 11) is 0. The molecule has 0 fully saturated rings. The molecule has 1 nitrogen and oxygen atoms in total. The van der Waals surface area contributed by atoms with E-state index < -0.39 is 24.2 Å². The molecular formula is C46H28O. The first-order valence-corrected chi connectivity index (χ1v) is 15.5. The van der Waals surface area contributed by atoms with Crippen LogP contribution in [0.4, 0.5) is 0 Å². The molecule has 0 amide bonds. The Morgan fingerprint density at radius 1 is 0.383 bits per heavy atom. The molecule has 0 radical (unpaired) electrons. The lowest BCUT2D eigenvalue weighted by Gasteiger charge is -2.18. The number of fused-ring (bicyclic) bond motifs is 8. The van der Waals surface area contributed by atoms with Crippen molar-refractivity contribution in [3.63, 3.8) is 0 Å². The second-order valence-electron chi connectivity index (χ2n) is 11.8. The Bertz CT molecular complexity index is 3210. The van der Waals surface area contributed by atoms with E-state index in [1.165, 1.54) is 0 Å². The van der Waals surface area contributed by atoms with E-state index in [-0.39, 0.29) is 45.7 Å². The van der Waals surface area contributed by atoms with Gasteiger partial charge in [-0.1, -0.05) is 151 Å². The highest BCUT2D eigenvalue weighted by atomic mass is 16.3. The Balaban J connectivity index is 1.35. The number of benzene rings is 9. The third kappa shape index (κ3) is 3.97. The molecule has 10 aromatic rings. The monoisotopic (exact) mass is 604 g/mol. The maximum absolute atomic E-state index is 9.36. The van der Waals surface area contributed by atoms with Gasteiger partial charge in [0.15, 0.2) is 0 Å². The lowest BCUT2D eigenvalue weighted by molar-refractivity contribution is 0.669. The summed E-state index contributed by atoms with van der Waals surface area (Å²) in [5, 5.41) is 6.56. The minimum atomic E-state index is -0.433. The molecule has 0 spiro atoms. The molecule has 0 atom stereocenters. The van der Waals surface area contributed by atoms with Crippen molar-refractivity contribution in [3.8, 4) is 33.4 Å². The van der Waals surface area contributed by atoms with Gasteiger partial charge in [0.2, 0.25) is 0 Å². The van der Waals surface area contributed by atoms with Gasteiger partial charge in [0.25, 0.3) is 0 Å². The van der Waals surface area contributed by atoms with E-state index in [4.69, 9.17) is 9.90 Å². The fraction of sp³-hybridized carbons (Fsp3) is 0. The van der Waals surface area contributed by atoms with Gasteiger partial charge in [-0.05, 0) is 94.7 Å². The van der Waals surface area contributed by atoms with Gasteiger partial charge in [0, 0.05) is 10.8 Å². The summed E-state index contributed by atoms with van der Waals surface area (Å²) in [5.41, 5.74) is 4.97. The fourth-order valence-corrected chi connectivity index (χ4v) is 7.20. The average Bonchev–Trinajstić information content (AvgIpc) is 3.61. The van der Waals surface area contributed by atoms with Crippen molar-refractivity contribution in [2.24, 2.45) is 0 Å². The first-order valence-electron chi connectivity index (χ1n) is 19.5. The third-order valence-corrected chi connectivity index (χ3v) is 9.30. The summed E-state index contributed by atoms with van der Waals surface area (Å²) in [4.78, 5) is 0. The standard InChI is InChI=1S/C46H28O/c1-3-13-34-29(10-1)12-9-19-35(34)31-20-22-32(23-21-31)44-37-15-5-7-17-39(37)45(40-18-8-6-16-38(40)44)33-25-26-42-41(28-33)46-36-14-4-2-11-30(36)24-27-43(46)47-42/h1-28H/i5D,6D,7D,8D,15D,16D,17D,18D. The predicted octanol–water partition coefficient (Wildman–Crippen LogP) is 13.2. The number of furan rings is 1. The molecule has 47 heavy (non-hydrogen) atoms. The van der Waals surface area contributed by atoms with Crippen LogP contribution in [0, 0.1) is 0 Å². The number of hydrogen-bond acceptors (Lipinski definition) is 1. The van der Waals surface area contributed by atoms with Crippen LogP contribution in [0.2, 0.25) is 0 Å². The van der Waals surface area contributed by atoms with Gasteiger partial charge in [-0.2, -0.15) is 0 Å². The zero-order chi connectivity index (χ0) is 37.9. The molecule has 1 heteroatoms. The Labute approximate surface area is 283 Å². The molecule has 1 heterocycles. The van der Waals surface area contributed by atoms with Crippen molar-refractivity contribution in [1.82, 2.24) is 0 Å². The van der Waals surface area contributed by atoms with Crippen LogP contribution in [-0.4, -0.2) is 0 Å². The van der Waals surface area contributed by atoms with E-state index in [1.54, 1.807) is 6.07 Å². The van der Waals surface area contributed by atoms with Crippen molar-refractivity contribution >= 4 is 65.0 Å². The van der Waals surface area contributed by atoms with Gasteiger partial charge in [0.1, 0.15) is 11.2 Å². The Morgan fingerprint density at radius 3 is 1.62 bits per heavy atom. The Hall–Kier alpha value is -6.18. The van der Waals surface area contributed by atoms with Crippen molar-refractivity contribution < 1.29 is 15.4 Å². The summed E-state index contributed by atoms with van der Waals surface area (Å²) >= 11 is 0. The molecule has 0 saturated carbocycles. The second-order valence-corrected chi connectivity index (χ2v) is 11.8. The lowest BCUT2D eigenvalue weighted by Crippen LogP contribution is -1.91. The highest BCUT2D eigenvalue weighted by Crippen LogP contribution is 2.45. The molecule has 0 N–H and O–H groups in total. The predicted molar refractivity (Wildman–Crippen MR) is 200 cm³/mol. The molecule has 0 aliphatic rings. The zero-order valence-corrected chi connectivity index (χ0v) is 25.0. The molecule has 218 valence electrons. The highest BCUT2D eigenvalue weighted by molar-refractivity contribution is 6.23. The minimum absolute atomic E-state index is 0.175. The van der Waals surface area contributed by atoms with Crippen LogP contribution in [0.15, 0.2) is 174 Å². The normalized spacial score (nSPS) is 14.2. The van der Waals surface area contributed by atoms with Gasteiger partial charge < -0.3 is 4.42 Å². The van der Waals surface area contributed by atoms with Crippen molar-refractivity contribution in [2.45, 2.75) is 0 Å². The summed E-state index contributed by atoms with van der Waals surface area (Å²) < 4.78 is 78.9. The minimum Gasteiger partial charge on any atom is -0.456 e. The topological polar surface area (TPSA) is 13.1 Å². The van der Waals surface area contributed by atoms with Crippen molar-refractivity contribution in [2.75, 3.05) is 0 Å².